The molecule has 0 radical (unpaired) electrons. The highest BCUT2D eigenvalue weighted by Gasteiger charge is 2.21. The summed E-state index contributed by atoms with van der Waals surface area (Å²) in [6.45, 7) is 15.1. The number of nitrogens with zero attached hydrogens (tertiary/aromatic N) is 2. The summed E-state index contributed by atoms with van der Waals surface area (Å²) in [7, 11) is 0. The van der Waals surface area contributed by atoms with E-state index in [-0.39, 0.29) is 5.41 Å². The first-order valence-corrected chi connectivity index (χ1v) is 12.8. The number of rotatable bonds is 3. The van der Waals surface area contributed by atoms with Crippen molar-refractivity contribution in [3.8, 4) is 11.3 Å². The van der Waals surface area contributed by atoms with Crippen LogP contribution in [-0.2, 0) is 5.41 Å². The standard InChI is InChI=1S/C26H24N2S3/c1-7-29-20-9-8-16(10-19(20)26(4,5)6)23-25-24(28-13-27-23)18-12-21-17(11-22(18)31-25)14(2)15(3)30-21/h7-13H,1H2,2-6H3. The highest BCUT2D eigenvalue weighted by Crippen LogP contribution is 2.43. The van der Waals surface area contributed by atoms with Crippen molar-refractivity contribution in [2.45, 2.75) is 44.9 Å². The molecular formula is C26H24N2S3. The van der Waals surface area contributed by atoms with E-state index in [1.807, 2.05) is 16.7 Å². The summed E-state index contributed by atoms with van der Waals surface area (Å²) in [6.07, 6.45) is 1.71. The molecule has 0 saturated carbocycles. The summed E-state index contributed by atoms with van der Waals surface area (Å²) in [5.74, 6) is 0. The second-order valence-corrected chi connectivity index (χ2v) is 12.2. The lowest BCUT2D eigenvalue weighted by Crippen LogP contribution is -2.12. The molecule has 0 amide bonds. The number of thiophene rings is 2. The number of aromatic nitrogens is 2. The predicted octanol–water partition coefficient (Wildman–Crippen LogP) is 8.88. The fraction of sp³-hybridized carbons (Fsp3) is 0.231. The van der Waals surface area contributed by atoms with Crippen molar-refractivity contribution in [2.75, 3.05) is 0 Å². The van der Waals surface area contributed by atoms with Crippen molar-refractivity contribution in [2.24, 2.45) is 0 Å². The summed E-state index contributed by atoms with van der Waals surface area (Å²) < 4.78 is 3.77. The molecule has 0 fully saturated rings. The topological polar surface area (TPSA) is 25.8 Å². The molecule has 5 aromatic rings. The smallest absolute Gasteiger partial charge is 0.116 e. The van der Waals surface area contributed by atoms with Gasteiger partial charge in [-0.15, -0.1) is 22.7 Å². The minimum Gasteiger partial charge on any atom is -0.235 e. The van der Waals surface area contributed by atoms with Crippen LogP contribution in [0.4, 0.5) is 0 Å². The Hall–Kier alpha value is -2.21. The average molecular weight is 461 g/mol. The SMILES string of the molecule is C=CSc1ccc(-c2ncnc3c2sc2cc4c(C)c(C)sc4cc23)cc1C(C)(C)C. The van der Waals surface area contributed by atoms with Crippen LogP contribution in [0.15, 0.2) is 53.5 Å². The van der Waals surface area contributed by atoms with Crippen LogP contribution in [0.5, 0.6) is 0 Å². The molecule has 5 rings (SSSR count). The van der Waals surface area contributed by atoms with Gasteiger partial charge in [-0.1, -0.05) is 45.2 Å². The molecular weight excluding hydrogens is 437 g/mol. The second kappa shape index (κ2) is 7.44. The van der Waals surface area contributed by atoms with Gasteiger partial charge in [-0.3, -0.25) is 0 Å². The molecule has 0 unspecified atom stereocenters. The van der Waals surface area contributed by atoms with Gasteiger partial charge in [0, 0.05) is 30.1 Å². The lowest BCUT2D eigenvalue weighted by atomic mass is 9.85. The molecule has 0 aliphatic rings. The van der Waals surface area contributed by atoms with Gasteiger partial charge < -0.3 is 0 Å². The fourth-order valence-corrected chi connectivity index (χ4v) is 7.17. The molecule has 0 aliphatic carbocycles. The number of hydrogen-bond donors (Lipinski definition) is 0. The molecule has 156 valence electrons. The zero-order valence-corrected chi connectivity index (χ0v) is 20.8. The van der Waals surface area contributed by atoms with Gasteiger partial charge in [-0.25, -0.2) is 9.97 Å². The maximum absolute atomic E-state index is 4.74. The first-order valence-electron chi connectivity index (χ1n) is 10.3. The van der Waals surface area contributed by atoms with E-state index in [1.165, 1.54) is 41.1 Å². The Kier molecular flexibility index (Phi) is 4.96. The van der Waals surface area contributed by atoms with Crippen molar-refractivity contribution in [1.29, 1.82) is 0 Å². The molecule has 0 spiro atoms. The van der Waals surface area contributed by atoms with Crippen LogP contribution < -0.4 is 0 Å². The Balaban J connectivity index is 1.76. The van der Waals surface area contributed by atoms with Crippen LogP contribution in [-0.4, -0.2) is 9.97 Å². The molecule has 0 bridgehead atoms. The van der Waals surface area contributed by atoms with Crippen LogP contribution >= 0.6 is 34.4 Å². The third-order valence-corrected chi connectivity index (χ3v) is 8.91. The molecule has 2 aromatic carbocycles. The monoisotopic (exact) mass is 460 g/mol. The highest BCUT2D eigenvalue weighted by atomic mass is 32.2. The summed E-state index contributed by atoms with van der Waals surface area (Å²) in [5.41, 5.74) is 5.95. The first kappa shape index (κ1) is 20.7. The summed E-state index contributed by atoms with van der Waals surface area (Å²) >= 11 is 5.35. The van der Waals surface area contributed by atoms with Crippen molar-refractivity contribution in [1.82, 2.24) is 9.97 Å². The zero-order chi connectivity index (χ0) is 21.9. The molecule has 2 nitrogen and oxygen atoms in total. The average Bonchev–Trinajstić information content (AvgIpc) is 3.23. The van der Waals surface area contributed by atoms with E-state index in [1.54, 1.807) is 29.4 Å². The number of fused-ring (bicyclic) bond motifs is 4. The zero-order valence-electron chi connectivity index (χ0n) is 18.4. The lowest BCUT2D eigenvalue weighted by Gasteiger charge is -2.23. The van der Waals surface area contributed by atoms with E-state index in [9.17, 15) is 0 Å². The Bertz CT molecular complexity index is 1480. The van der Waals surface area contributed by atoms with Crippen LogP contribution in [0, 0.1) is 13.8 Å². The number of benzene rings is 2. The summed E-state index contributed by atoms with van der Waals surface area (Å²) in [4.78, 5) is 12.1. The summed E-state index contributed by atoms with van der Waals surface area (Å²) in [6, 6.07) is 11.3. The minimum atomic E-state index is 0.0351. The lowest BCUT2D eigenvalue weighted by molar-refractivity contribution is 0.578. The van der Waals surface area contributed by atoms with Crippen LogP contribution in [0.2, 0.25) is 0 Å². The Morgan fingerprint density at radius 1 is 0.968 bits per heavy atom. The normalized spacial score (nSPS) is 12.3. The number of hydrogen-bond acceptors (Lipinski definition) is 5. The molecule has 31 heavy (non-hydrogen) atoms. The van der Waals surface area contributed by atoms with Gasteiger partial charge in [-0.2, -0.15) is 0 Å². The first-order chi connectivity index (χ1) is 14.8. The molecule has 0 saturated heterocycles. The molecule has 5 heteroatoms. The molecule has 0 atom stereocenters. The van der Waals surface area contributed by atoms with E-state index < -0.39 is 0 Å². The Morgan fingerprint density at radius 3 is 2.45 bits per heavy atom. The largest absolute Gasteiger partial charge is 0.235 e. The van der Waals surface area contributed by atoms with Gasteiger partial charge in [0.15, 0.2) is 0 Å². The number of aryl methyl sites for hydroxylation is 2. The van der Waals surface area contributed by atoms with Crippen LogP contribution in [0.25, 0.3) is 41.6 Å². The van der Waals surface area contributed by atoms with Crippen LogP contribution in [0.3, 0.4) is 0 Å². The predicted molar refractivity (Wildman–Crippen MR) is 140 cm³/mol. The Morgan fingerprint density at radius 2 is 1.71 bits per heavy atom. The van der Waals surface area contributed by atoms with E-state index in [0.29, 0.717) is 0 Å². The quantitative estimate of drug-likeness (QED) is 0.251. The highest BCUT2D eigenvalue weighted by molar-refractivity contribution is 8.02. The molecule has 0 aliphatic heterocycles. The minimum absolute atomic E-state index is 0.0351. The van der Waals surface area contributed by atoms with E-state index in [2.05, 4.69) is 71.5 Å². The second-order valence-electron chi connectivity index (χ2n) is 8.88. The van der Waals surface area contributed by atoms with Crippen molar-refractivity contribution in [3.63, 3.8) is 0 Å². The molecule has 3 heterocycles. The van der Waals surface area contributed by atoms with Gasteiger partial charge in [-0.05, 0) is 65.4 Å². The summed E-state index contributed by atoms with van der Waals surface area (Å²) in [5, 5.41) is 4.48. The van der Waals surface area contributed by atoms with Crippen molar-refractivity contribution < 1.29 is 0 Å². The number of thioether (sulfide) groups is 1. The molecule has 0 N–H and O–H groups in total. The fourth-order valence-electron chi connectivity index (χ4n) is 4.07. The van der Waals surface area contributed by atoms with E-state index in [4.69, 9.17) is 9.97 Å². The van der Waals surface area contributed by atoms with Crippen molar-refractivity contribution >= 4 is 64.8 Å². The van der Waals surface area contributed by atoms with Crippen LogP contribution in [0.1, 0.15) is 36.8 Å². The van der Waals surface area contributed by atoms with Gasteiger partial charge >= 0.3 is 0 Å². The maximum Gasteiger partial charge on any atom is 0.116 e. The Labute approximate surface area is 195 Å². The van der Waals surface area contributed by atoms with Gasteiger partial charge in [0.25, 0.3) is 0 Å². The maximum atomic E-state index is 4.74. The van der Waals surface area contributed by atoms with Crippen molar-refractivity contribution in [3.05, 3.63) is 64.7 Å². The van der Waals surface area contributed by atoms with E-state index in [0.717, 1.165) is 21.5 Å². The van der Waals surface area contributed by atoms with Gasteiger partial charge in [0.1, 0.15) is 6.33 Å². The third kappa shape index (κ3) is 3.39. The van der Waals surface area contributed by atoms with E-state index >= 15 is 0 Å². The molecule has 3 aromatic heterocycles. The van der Waals surface area contributed by atoms with Gasteiger partial charge in [0.2, 0.25) is 0 Å². The third-order valence-electron chi connectivity index (χ3n) is 5.82. The van der Waals surface area contributed by atoms with Gasteiger partial charge in [0.05, 0.1) is 15.9 Å².